The summed E-state index contributed by atoms with van der Waals surface area (Å²) in [5, 5.41) is 17.5. The smallest absolute Gasteiger partial charge is 0.416 e. The highest BCUT2D eigenvalue weighted by Gasteiger charge is 2.58. The Kier molecular flexibility index (Phi) is 20.7. The van der Waals surface area contributed by atoms with E-state index in [1.807, 2.05) is 59.6 Å². The number of ether oxygens (including phenoxy) is 5. The van der Waals surface area contributed by atoms with Crippen molar-refractivity contribution in [2.75, 3.05) is 56.9 Å². The fourth-order valence-corrected chi connectivity index (χ4v) is 14.1. The lowest BCUT2D eigenvalue weighted by molar-refractivity contribution is -0.133. The van der Waals surface area contributed by atoms with Crippen LogP contribution in [0.4, 0.5) is 21.9 Å². The van der Waals surface area contributed by atoms with Crippen LogP contribution in [0.15, 0.2) is 102 Å². The van der Waals surface area contributed by atoms with Crippen LogP contribution in [-0.2, 0) is 53.1 Å². The number of benzene rings is 5. The van der Waals surface area contributed by atoms with E-state index in [1.54, 1.807) is 80.1 Å². The molecule has 5 aromatic carbocycles. The number of hydrogen-bond acceptors (Lipinski definition) is 16. The van der Waals surface area contributed by atoms with E-state index in [0.29, 0.717) is 90.5 Å². The van der Waals surface area contributed by atoms with Gasteiger partial charge in [0.15, 0.2) is 40.8 Å². The summed E-state index contributed by atoms with van der Waals surface area (Å²) in [7, 11) is 3.02. The molecule has 5 heterocycles. The quantitative estimate of drug-likeness (QED) is 0.0311. The molecule has 5 aliphatic heterocycles. The van der Waals surface area contributed by atoms with Crippen molar-refractivity contribution in [1.82, 2.24) is 20.4 Å². The van der Waals surface area contributed by atoms with Crippen LogP contribution in [0.1, 0.15) is 159 Å². The molecule has 12 rings (SSSR count). The molecular weight excluding hydrogens is 1260 g/mol. The maximum Gasteiger partial charge on any atom is 0.416 e. The number of methoxy groups -OCH3 is 2. The monoisotopic (exact) mass is 1350 g/mol. The highest BCUT2D eigenvalue weighted by molar-refractivity contribution is 6.07. The number of Topliss-reactive ketones (excluding diaryl/α,β-unsaturated/α-hetero) is 3. The highest BCUT2D eigenvalue weighted by atomic mass is 16.6. The molecule has 0 aromatic heterocycles. The van der Waals surface area contributed by atoms with Crippen LogP contribution in [0.2, 0.25) is 0 Å². The Morgan fingerprint density at radius 2 is 1.30 bits per heavy atom. The molecule has 7 aliphatic rings. The van der Waals surface area contributed by atoms with Gasteiger partial charge in [0.2, 0.25) is 17.7 Å². The zero-order chi connectivity index (χ0) is 69.7. The first kappa shape index (κ1) is 69.0. The summed E-state index contributed by atoms with van der Waals surface area (Å²) < 4.78 is 29.8. The Labute approximate surface area is 576 Å². The van der Waals surface area contributed by atoms with Crippen molar-refractivity contribution in [3.8, 4) is 34.8 Å². The van der Waals surface area contributed by atoms with E-state index in [-0.39, 0.29) is 133 Å². The molecule has 3 N–H and O–H groups in total. The molecule has 0 unspecified atom stereocenters. The number of nitrogens with one attached hydrogen (secondary N) is 2. The zero-order valence-corrected chi connectivity index (χ0v) is 56.7. The van der Waals surface area contributed by atoms with Crippen LogP contribution in [0.5, 0.6) is 23.0 Å². The minimum Gasteiger partial charge on any atom is -0.493 e. The van der Waals surface area contributed by atoms with Gasteiger partial charge in [-0.25, -0.2) is 9.69 Å². The van der Waals surface area contributed by atoms with Gasteiger partial charge in [-0.15, -0.1) is 0 Å². The van der Waals surface area contributed by atoms with Gasteiger partial charge in [-0.3, -0.25) is 43.3 Å². The molecule has 518 valence electrons. The molecule has 2 saturated carbocycles. The van der Waals surface area contributed by atoms with E-state index < -0.39 is 47.9 Å². The Balaban J connectivity index is 0.590. The van der Waals surface area contributed by atoms with Gasteiger partial charge < -0.3 is 54.1 Å². The predicted octanol–water partition coefficient (Wildman–Crippen LogP) is 9.55. The van der Waals surface area contributed by atoms with Crippen molar-refractivity contribution in [2.45, 2.75) is 155 Å². The standard InChI is InChI=1S/C77H85N7O15/c1-47(2)57(34-56(86)42-79-69(88)25-23-55(85)24-26-70(89)81-43-53-15-8-7-13-51(53)21-22-52-14-9-10-16-61(52)81)71(90)80-48(3)64(87)33-49-17-19-50(20-18-49)44-99-75(94)84-62-38-68(66(96-5)36-59(62)73(92)83-46-77(29-30-77)40-63(83)74(84)93)98-32-12-6-11-31-97-67-37-60-58(35-65(67)95-4)72(91)82-45-76(27-28-76)39-54(82)41-78-60/h7-10,13-20,35-38,41,47-48,54,57,63,74,93H,6,11-12,23-34,39-40,42-46H2,1-5H3,(H,79,88)(H,80,90)/t48-,54-,57-,63-,74+/m0/s1. The van der Waals surface area contributed by atoms with Crippen LogP contribution in [0, 0.1) is 34.5 Å². The molecule has 0 radical (unpaired) electrons. The number of hydrogen-bond donors (Lipinski definition) is 3. The fraction of sp³-hybridized carbons (Fsp3) is 0.455. The molecule has 22 nitrogen and oxygen atoms in total. The van der Waals surface area contributed by atoms with Crippen LogP contribution >= 0.6 is 0 Å². The minimum absolute atomic E-state index is 0.0121. The molecule has 0 bridgehead atoms. The number of aliphatic hydroxyl groups excluding tert-OH is 1. The third kappa shape index (κ3) is 15.7. The average molecular weight is 1350 g/mol. The number of carbonyl (C=O) groups is 9. The number of nitrogens with zero attached hydrogens (tertiary/aromatic N) is 5. The summed E-state index contributed by atoms with van der Waals surface area (Å²) in [6.45, 7) is 6.67. The van der Waals surface area contributed by atoms with E-state index in [9.17, 15) is 48.3 Å². The van der Waals surface area contributed by atoms with Crippen LogP contribution in [0.3, 0.4) is 0 Å². The number of para-hydroxylation sites is 1. The average Bonchev–Trinajstić information content (AvgIpc) is 1.58. The van der Waals surface area contributed by atoms with Gasteiger partial charge in [-0.05, 0) is 128 Å². The largest absolute Gasteiger partial charge is 0.493 e. The number of fused-ring (bicyclic) bond motifs is 6. The first-order chi connectivity index (χ1) is 47.7. The number of carbonyl (C=O) groups excluding carboxylic acids is 9. The lowest BCUT2D eigenvalue weighted by Crippen LogP contribution is -2.50. The molecule has 2 spiro atoms. The molecule has 22 heteroatoms. The van der Waals surface area contributed by atoms with Crippen molar-refractivity contribution < 1.29 is 71.9 Å². The molecule has 99 heavy (non-hydrogen) atoms. The highest BCUT2D eigenvalue weighted by Crippen LogP contribution is 2.58. The Morgan fingerprint density at radius 1 is 0.677 bits per heavy atom. The van der Waals surface area contributed by atoms with E-state index in [1.165, 1.54) is 13.2 Å². The summed E-state index contributed by atoms with van der Waals surface area (Å²) >= 11 is 0. The van der Waals surface area contributed by atoms with E-state index in [4.69, 9.17) is 28.7 Å². The second kappa shape index (κ2) is 29.7. The lowest BCUT2D eigenvalue weighted by Gasteiger charge is -2.31. The topological polar surface area (TPSA) is 269 Å². The normalized spacial score (nSPS) is 19.0. The summed E-state index contributed by atoms with van der Waals surface area (Å²) in [5.41, 5.74) is 5.71. The maximum atomic E-state index is 14.5. The summed E-state index contributed by atoms with van der Waals surface area (Å²) in [4.78, 5) is 133. The van der Waals surface area contributed by atoms with Gasteiger partial charge in [-0.1, -0.05) is 80.3 Å². The molecular formula is C77H85N7O15. The van der Waals surface area contributed by atoms with Crippen LogP contribution in [0.25, 0.3) is 0 Å². The van der Waals surface area contributed by atoms with Crippen LogP contribution < -0.4 is 39.4 Å². The van der Waals surface area contributed by atoms with Crippen molar-refractivity contribution in [3.05, 3.63) is 136 Å². The maximum absolute atomic E-state index is 14.5. The third-order valence-electron chi connectivity index (χ3n) is 20.4. The third-order valence-corrected chi connectivity index (χ3v) is 20.4. The Hall–Kier alpha value is -9.88. The molecule has 2 aliphatic carbocycles. The molecule has 6 amide bonds. The van der Waals surface area contributed by atoms with Gasteiger partial charge in [0, 0.05) is 87.0 Å². The van der Waals surface area contributed by atoms with Crippen molar-refractivity contribution >= 4 is 76.3 Å². The minimum atomic E-state index is -1.45. The van der Waals surface area contributed by atoms with Gasteiger partial charge in [0.05, 0.1) is 86.8 Å². The second-order valence-electron chi connectivity index (χ2n) is 27.8. The fourth-order valence-electron chi connectivity index (χ4n) is 14.1. The number of unbranched alkanes of at least 4 members (excludes halogenated alkanes) is 2. The molecule has 5 atom stereocenters. The summed E-state index contributed by atoms with van der Waals surface area (Å²) in [6, 6.07) is 26.7. The first-order valence-corrected chi connectivity index (χ1v) is 34.4. The van der Waals surface area contributed by atoms with Crippen molar-refractivity contribution in [1.29, 1.82) is 0 Å². The number of aliphatic hydroxyl groups is 1. The molecule has 2 saturated heterocycles. The SMILES string of the molecule is COc1cc2c(cc1OCCCCCOc1cc3c(cc1OC)C(=O)N1CC4(CC4)C[C@H]1[C@@H](O)N3C(=O)OCc1ccc(CC(=O)[C@H](C)NC(=O)[C@@H](CC(=O)CNC(=O)CCC(=O)CCC(=O)N3Cc4ccccc4C#Cc4ccccc43)C(C)C)cc1)N=C[C@@H]1CC3(CC3)CN1C2=O. The van der Waals surface area contributed by atoms with E-state index >= 15 is 0 Å². The van der Waals surface area contributed by atoms with E-state index in [0.717, 1.165) is 54.7 Å². The number of anilines is 2. The van der Waals surface area contributed by atoms with Crippen molar-refractivity contribution in [2.24, 2.45) is 27.7 Å². The number of amides is 6. The lowest BCUT2D eigenvalue weighted by atomic mass is 9.89. The van der Waals surface area contributed by atoms with Crippen LogP contribution in [-0.4, -0.2) is 146 Å². The molecule has 4 fully saturated rings. The van der Waals surface area contributed by atoms with Gasteiger partial charge in [0.25, 0.3) is 11.8 Å². The Bertz CT molecular complexity index is 4090. The first-order valence-electron chi connectivity index (χ1n) is 34.4. The Morgan fingerprint density at radius 3 is 2.01 bits per heavy atom. The second-order valence-corrected chi connectivity index (χ2v) is 27.8. The van der Waals surface area contributed by atoms with Crippen molar-refractivity contribution in [3.63, 3.8) is 0 Å². The van der Waals surface area contributed by atoms with Gasteiger partial charge in [0.1, 0.15) is 12.4 Å². The number of aliphatic imine (C=N–C) groups is 1. The molecule has 5 aromatic rings. The predicted molar refractivity (Wildman–Crippen MR) is 367 cm³/mol. The number of rotatable bonds is 28. The zero-order valence-electron chi connectivity index (χ0n) is 56.7. The summed E-state index contributed by atoms with van der Waals surface area (Å²) in [6.07, 6.45) is 6.42. The van der Waals surface area contributed by atoms with E-state index in [2.05, 4.69) is 22.5 Å². The number of ketones is 3. The summed E-state index contributed by atoms with van der Waals surface area (Å²) in [5.74, 6) is 4.12. The van der Waals surface area contributed by atoms with Gasteiger partial charge in [-0.2, -0.15) is 0 Å². The van der Waals surface area contributed by atoms with Gasteiger partial charge >= 0.3 is 6.09 Å².